The number of benzene rings is 3. The highest BCUT2D eigenvalue weighted by atomic mass is 16.4. The molecule has 0 unspecified atom stereocenters. The van der Waals surface area contributed by atoms with Gasteiger partial charge in [-0.15, -0.1) is 0 Å². The number of amides is 8. The van der Waals surface area contributed by atoms with Crippen molar-refractivity contribution in [2.24, 2.45) is 47.2 Å². The molecular formula is C84H106N12O26. The first-order valence-electron chi connectivity index (χ1n) is 39.8. The molecule has 1 aliphatic heterocycles. The van der Waals surface area contributed by atoms with Gasteiger partial charge in [-0.25, -0.2) is 14.8 Å². The van der Waals surface area contributed by atoms with E-state index in [0.717, 1.165) is 0 Å². The van der Waals surface area contributed by atoms with E-state index in [0.29, 0.717) is 22.3 Å². The number of aliphatic hydroxyl groups excluding tert-OH is 2. The van der Waals surface area contributed by atoms with Crippen LogP contribution in [0.2, 0.25) is 0 Å². The maximum absolute atomic E-state index is 14.4. The number of aromatic nitrogens is 4. The first kappa shape index (κ1) is 98.0. The highest BCUT2D eigenvalue weighted by Gasteiger charge is 2.38. The topological polar surface area (TPSA) is 626 Å². The van der Waals surface area contributed by atoms with Crippen molar-refractivity contribution in [2.75, 3.05) is 6.54 Å². The summed E-state index contributed by atoms with van der Waals surface area (Å²) in [5.74, 6) is -24.8. The number of fused-ring (bicyclic) bond motifs is 2. The van der Waals surface area contributed by atoms with E-state index in [9.17, 15) is 122 Å². The Morgan fingerprint density at radius 1 is 0.484 bits per heavy atom. The van der Waals surface area contributed by atoms with Crippen LogP contribution >= 0.6 is 0 Å². The number of hydrogen-bond donors (Lipinski definition) is 16. The molecule has 4 aromatic rings. The molecule has 3 heterocycles. The maximum Gasteiger partial charge on any atom is 0.336 e. The summed E-state index contributed by atoms with van der Waals surface area (Å²) in [7, 11) is 0. The van der Waals surface area contributed by atoms with Gasteiger partial charge in [0.25, 0.3) is 5.91 Å². The molecule has 122 heavy (non-hydrogen) atoms. The van der Waals surface area contributed by atoms with Crippen molar-refractivity contribution < 1.29 is 121 Å². The number of imidazole rings is 2. The summed E-state index contributed by atoms with van der Waals surface area (Å²) in [6.07, 6.45) is -3.35. The number of aromatic carboxylic acids is 1. The van der Waals surface area contributed by atoms with Crippen LogP contribution in [-0.4, -0.2) is 211 Å². The first-order chi connectivity index (χ1) is 57.4. The SMILES string of the molecule is CC(=O)C[C@@H](C(=O)N[C@H](Cc1c[nH]cn1)C(=O)C[C@H](CCC(=O)O)C(=O)N[C@H](C)C(=O)C[C@H](C)C(=O)N[C@H](C)C(=O)C[C@H](CCCCNC(=O)c1ccc(C(=O)O)c(-c2c3ccc(=O)cc-3oc3cc(O)ccc23)c1)C(=O)N[C@H](C)C(=O)C[C@H](C)C(=O)N[C@H](C)C(=O)C[C@@H](C(=O)N[C@H](Cc1c[nH]cn1)C(=O)C[C@H](CCC(=O)O)C(N)=O)[C@H](C)O)[C@H](C)O. The van der Waals surface area contributed by atoms with Crippen LogP contribution in [0.3, 0.4) is 0 Å². The molecule has 38 heteroatoms. The number of rotatable bonds is 53. The number of H-pyrrole nitrogens is 2. The van der Waals surface area contributed by atoms with E-state index in [4.69, 9.17) is 10.2 Å². The number of nitrogens with one attached hydrogen (secondary N) is 9. The first-order valence-corrected chi connectivity index (χ1v) is 39.8. The van der Waals surface area contributed by atoms with Gasteiger partial charge < -0.3 is 92.8 Å². The standard InChI is InChI=1S/C84H106N12O26/c1-40(24-66(103)44(5)94-81(117)52(15-22-74(110)111)30-70(107)64(32-54-37-87-39-90-54)95-82(118)60(47(8)98)26-42(3)97)77(113)91-45(6)67(104)29-50(12-10-11-23-88-79(115)51-13-18-57(84(120)121)62(27-51)75-58-19-16-55(100)33-71(58)122-72-34-56(101)17-20-59(72)75)80(116)93-43(4)65(102)25-41(2)78(114)92-46(7)68(105)35-61(48(9)99)83(119)96-63(31-53-36-86-38-89-53)69(106)28-49(76(85)112)14-21-73(108)109/h13,16-20,27,33-34,36-41,43-50,52,60-61,63-64,98-100H,10-12,14-15,21-26,28-32,35H2,1-9H3,(H2,85,112)(H,86,89)(H,87,90)(H,88,115)(H,91,113)(H,92,114)(H,93,116)(H,94,117)(H,95,118)(H,96,119)(H,108,109)(H,110,111)(H,120,121)/t40-,41-,43+,44+,45+,46+,47-,48-,49-,50-,52-,60+,61+,63+,64+/m0/s1. The van der Waals surface area contributed by atoms with Crippen molar-refractivity contribution in [2.45, 2.75) is 214 Å². The normalized spacial score (nSPS) is 15.0. The minimum Gasteiger partial charge on any atom is -0.508 e. The van der Waals surface area contributed by atoms with Gasteiger partial charge in [0.15, 0.2) is 40.1 Å². The van der Waals surface area contributed by atoms with E-state index < -0.39 is 259 Å². The minimum atomic E-state index is -1.52. The number of carbonyl (C=O) groups excluding carboxylic acids is 15. The average molecular weight is 1700 g/mol. The number of Topliss-reactive ketones (excluding diaryl/α,β-unsaturated/α-hetero) is 7. The maximum atomic E-state index is 14.4. The predicted molar refractivity (Wildman–Crippen MR) is 433 cm³/mol. The molecule has 0 saturated carbocycles. The van der Waals surface area contributed by atoms with Crippen molar-refractivity contribution in [3.63, 3.8) is 0 Å². The lowest BCUT2D eigenvalue weighted by atomic mass is 9.89. The molecule has 0 saturated heterocycles. The Bertz CT molecular complexity index is 4860. The van der Waals surface area contributed by atoms with Crippen molar-refractivity contribution in [1.29, 1.82) is 0 Å². The van der Waals surface area contributed by atoms with Gasteiger partial charge >= 0.3 is 17.9 Å². The number of phenolic OH excluding ortho intramolecular Hbond substituents is 1. The van der Waals surface area contributed by atoms with Gasteiger partial charge in [0.1, 0.15) is 22.9 Å². The number of phenols is 1. The van der Waals surface area contributed by atoms with E-state index in [1.54, 1.807) is 0 Å². The lowest BCUT2D eigenvalue weighted by Crippen LogP contribution is -2.49. The quantitative estimate of drug-likeness (QED) is 0.0193. The fraction of sp³-hybridized carbons (Fsp3) is 0.488. The van der Waals surface area contributed by atoms with Crippen molar-refractivity contribution in [1.82, 2.24) is 57.2 Å². The Balaban J connectivity index is 1.13. The minimum absolute atomic E-state index is 0.00133. The molecule has 15 atom stereocenters. The van der Waals surface area contributed by atoms with E-state index in [1.807, 2.05) is 0 Å². The Labute approximate surface area is 700 Å². The molecule has 0 fully saturated rings. The molecule has 0 radical (unpaired) electrons. The lowest BCUT2D eigenvalue weighted by Gasteiger charge is -2.25. The molecule has 2 aromatic carbocycles. The van der Waals surface area contributed by atoms with Crippen LogP contribution in [0.5, 0.6) is 5.75 Å². The number of nitrogens with zero attached hydrogens (tertiary/aromatic N) is 2. The molecule has 6 rings (SSSR count). The molecule has 2 aromatic heterocycles. The molecular weight excluding hydrogens is 1590 g/mol. The lowest BCUT2D eigenvalue weighted by molar-refractivity contribution is -0.139. The van der Waals surface area contributed by atoms with Gasteiger partial charge in [-0.2, -0.15) is 0 Å². The number of aromatic hydroxyl groups is 1. The second-order valence-electron chi connectivity index (χ2n) is 31.0. The number of ketones is 7. The third-order valence-electron chi connectivity index (χ3n) is 21.0. The molecule has 0 bridgehead atoms. The van der Waals surface area contributed by atoms with Crippen molar-refractivity contribution in [3.05, 3.63) is 112 Å². The number of carboxylic acid groups (broad SMARTS) is 3. The summed E-state index contributed by atoms with van der Waals surface area (Å²) >= 11 is 0. The van der Waals surface area contributed by atoms with Crippen molar-refractivity contribution >= 4 is 117 Å². The van der Waals surface area contributed by atoms with Gasteiger partial charge in [0, 0.05) is 153 Å². The van der Waals surface area contributed by atoms with Gasteiger partial charge in [0.2, 0.25) is 41.4 Å². The number of aliphatic carboxylic acids is 2. The smallest absolute Gasteiger partial charge is 0.336 e. The van der Waals surface area contributed by atoms with Gasteiger partial charge in [-0.3, -0.25) is 81.5 Å². The second-order valence-corrected chi connectivity index (χ2v) is 31.0. The fourth-order valence-corrected chi connectivity index (χ4v) is 13.6. The van der Waals surface area contributed by atoms with Crippen LogP contribution < -0.4 is 48.4 Å². The molecule has 8 amide bonds. The number of nitrogens with two attached hydrogens (primary N) is 1. The molecule has 1 aliphatic carbocycles. The van der Waals surface area contributed by atoms with Crippen LogP contribution in [-0.2, 0) is 89.6 Å². The monoisotopic (exact) mass is 1700 g/mol. The number of primary amides is 1. The van der Waals surface area contributed by atoms with Gasteiger partial charge in [0.05, 0.1) is 89.9 Å². The Morgan fingerprint density at radius 3 is 1.41 bits per heavy atom. The Kier molecular flexibility index (Phi) is 37.0. The molecule has 17 N–H and O–H groups in total. The summed E-state index contributed by atoms with van der Waals surface area (Å²) in [5, 5.41) is 78.9. The molecule has 0 spiro atoms. The zero-order valence-corrected chi connectivity index (χ0v) is 69.0. The van der Waals surface area contributed by atoms with Crippen LogP contribution in [0, 0.1) is 41.4 Å². The molecule has 2 aliphatic rings. The van der Waals surface area contributed by atoms with E-state index >= 15 is 0 Å². The Hall–Kier alpha value is -12.9. The number of carbonyl (C=O) groups is 18. The molecule has 38 nitrogen and oxygen atoms in total. The second kappa shape index (κ2) is 46.1. The largest absolute Gasteiger partial charge is 0.508 e. The Morgan fingerprint density at radius 2 is 0.943 bits per heavy atom. The van der Waals surface area contributed by atoms with Crippen LogP contribution in [0.4, 0.5) is 0 Å². The average Bonchev–Trinajstić information content (AvgIpc) is 0.776. The number of unbranched alkanes of at least 4 members (excludes halogenated alkanes) is 1. The number of aromatic amines is 2. The van der Waals surface area contributed by atoms with Crippen LogP contribution in [0.25, 0.3) is 33.4 Å². The molecule has 658 valence electrons. The van der Waals surface area contributed by atoms with E-state index in [2.05, 4.69) is 57.2 Å². The summed E-state index contributed by atoms with van der Waals surface area (Å²) < 4.78 is 5.94. The zero-order valence-electron chi connectivity index (χ0n) is 69.0. The predicted octanol–water partition coefficient (Wildman–Crippen LogP) is 2.85. The summed E-state index contributed by atoms with van der Waals surface area (Å²) in [5.41, 5.74) is 6.15. The summed E-state index contributed by atoms with van der Waals surface area (Å²) in [4.78, 5) is 266. The van der Waals surface area contributed by atoms with Gasteiger partial charge in [-0.1, -0.05) is 20.3 Å². The van der Waals surface area contributed by atoms with Crippen molar-refractivity contribution in [3.8, 4) is 28.2 Å². The van der Waals surface area contributed by atoms with Crippen LogP contribution in [0.15, 0.2) is 88.9 Å². The number of aliphatic hydroxyl groups is 2. The number of hydrogen-bond acceptors (Lipinski definition) is 25. The van der Waals surface area contributed by atoms with E-state index in [1.165, 1.54) is 142 Å². The number of carboxylic acids is 3. The van der Waals surface area contributed by atoms with Crippen LogP contribution in [0.1, 0.15) is 184 Å². The van der Waals surface area contributed by atoms with Gasteiger partial charge in [-0.05, 0) is 122 Å². The summed E-state index contributed by atoms with van der Waals surface area (Å²) in [6.45, 7) is 11.5. The highest BCUT2D eigenvalue weighted by Crippen LogP contribution is 2.42. The third-order valence-corrected chi connectivity index (χ3v) is 21.0. The fourth-order valence-electron chi connectivity index (χ4n) is 13.6. The zero-order chi connectivity index (χ0) is 90.7. The highest BCUT2D eigenvalue weighted by molar-refractivity contribution is 6.10. The summed E-state index contributed by atoms with van der Waals surface area (Å²) in [6, 6.07) is 3.67. The third kappa shape index (κ3) is 29.5. The van der Waals surface area contributed by atoms with E-state index in [-0.39, 0.29) is 90.8 Å².